The maximum atomic E-state index is 12.1. The third-order valence-electron chi connectivity index (χ3n) is 3.94. The van der Waals surface area contributed by atoms with Crippen molar-refractivity contribution >= 4 is 34.6 Å². The van der Waals surface area contributed by atoms with Crippen LogP contribution in [0.5, 0.6) is 11.5 Å². The number of benzene rings is 1. The number of nitrogens with zero attached hydrogens (tertiary/aromatic N) is 4. The van der Waals surface area contributed by atoms with Crippen molar-refractivity contribution in [2.75, 3.05) is 25.2 Å². The van der Waals surface area contributed by atoms with Crippen LogP contribution in [0, 0.1) is 0 Å². The maximum Gasteiger partial charge on any atom is 0.236 e. The predicted octanol–water partition coefficient (Wildman–Crippen LogP) is 2.76. The molecule has 1 N–H and O–H groups in total. The number of ether oxygens (including phenoxy) is 2. The molecule has 1 unspecified atom stereocenters. The van der Waals surface area contributed by atoms with Gasteiger partial charge in [-0.3, -0.25) is 9.79 Å². The molecular weight excluding hydrogens is 398 g/mol. The topological polar surface area (TPSA) is 90.6 Å². The fourth-order valence-electron chi connectivity index (χ4n) is 2.63. The minimum Gasteiger partial charge on any atom is -0.497 e. The summed E-state index contributed by atoms with van der Waals surface area (Å²) in [5.74, 6) is 3.22. The number of carbonyl (C=O) groups is 1. The van der Waals surface area contributed by atoms with Crippen molar-refractivity contribution in [2.45, 2.75) is 31.7 Å². The Balaban J connectivity index is 1.62. The number of methoxy groups -OCH3 is 1. The van der Waals surface area contributed by atoms with Crippen LogP contribution in [0.2, 0.25) is 0 Å². The largest absolute Gasteiger partial charge is 0.497 e. The van der Waals surface area contributed by atoms with Crippen molar-refractivity contribution < 1.29 is 14.3 Å². The van der Waals surface area contributed by atoms with E-state index in [1.54, 1.807) is 18.9 Å². The van der Waals surface area contributed by atoms with Crippen molar-refractivity contribution in [1.82, 2.24) is 20.1 Å². The van der Waals surface area contributed by atoms with Crippen LogP contribution >= 0.6 is 23.5 Å². The third-order valence-corrected chi connectivity index (χ3v) is 5.80. The van der Waals surface area contributed by atoms with Gasteiger partial charge in [0.25, 0.3) is 0 Å². The molecule has 2 heterocycles. The van der Waals surface area contributed by atoms with Crippen LogP contribution in [0.4, 0.5) is 0 Å². The Bertz CT molecular complexity index is 855. The summed E-state index contributed by atoms with van der Waals surface area (Å²) in [6.45, 7) is 5.37. The van der Waals surface area contributed by atoms with Gasteiger partial charge >= 0.3 is 0 Å². The van der Waals surface area contributed by atoms with Crippen LogP contribution in [0.3, 0.4) is 0 Å². The first-order valence-electron chi connectivity index (χ1n) is 8.94. The number of amides is 1. The molecule has 1 amide bonds. The highest BCUT2D eigenvalue weighted by Crippen LogP contribution is 2.26. The summed E-state index contributed by atoms with van der Waals surface area (Å²) >= 11 is 2.91. The highest BCUT2D eigenvalue weighted by atomic mass is 32.2. The van der Waals surface area contributed by atoms with E-state index in [0.29, 0.717) is 28.4 Å². The van der Waals surface area contributed by atoms with Gasteiger partial charge in [0.05, 0.1) is 19.4 Å². The Morgan fingerprint density at radius 3 is 2.93 bits per heavy atom. The van der Waals surface area contributed by atoms with Crippen LogP contribution in [0.25, 0.3) is 0 Å². The van der Waals surface area contributed by atoms with E-state index < -0.39 is 0 Å². The maximum absolute atomic E-state index is 12.1. The number of aliphatic imine (C=N–C) groups is 1. The molecule has 1 aromatic carbocycles. The molecule has 1 atom stereocenters. The Morgan fingerprint density at radius 2 is 2.21 bits per heavy atom. The van der Waals surface area contributed by atoms with Crippen LogP contribution in [0.1, 0.15) is 25.8 Å². The summed E-state index contributed by atoms with van der Waals surface area (Å²) in [7, 11) is 1.62. The van der Waals surface area contributed by atoms with E-state index in [4.69, 9.17) is 9.47 Å². The summed E-state index contributed by atoms with van der Waals surface area (Å²) in [6.07, 6.45) is -0.299. The monoisotopic (exact) mass is 421 g/mol. The molecule has 0 saturated heterocycles. The number of hydrogen-bond donors (Lipinski definition) is 1. The number of hydrogen-bond acceptors (Lipinski definition) is 8. The molecule has 0 spiro atoms. The number of rotatable bonds is 8. The zero-order chi connectivity index (χ0) is 19.9. The summed E-state index contributed by atoms with van der Waals surface area (Å²) in [6, 6.07) is 7.43. The van der Waals surface area contributed by atoms with E-state index in [9.17, 15) is 4.79 Å². The third kappa shape index (κ3) is 5.20. The van der Waals surface area contributed by atoms with Crippen molar-refractivity contribution in [1.29, 1.82) is 0 Å². The standard InChI is InChI=1S/C18H23N5O3S2/c1-4-23-16(12(2)26-14-7-5-6-13(10-14)25-3)21-22-18(23)28-11-15(24)20-17-19-8-9-27-17/h5-7,10,12H,4,8-9,11H2,1-3H3,(H,19,20,24). The summed E-state index contributed by atoms with van der Waals surface area (Å²) in [4.78, 5) is 16.3. The minimum absolute atomic E-state index is 0.0916. The molecule has 0 saturated carbocycles. The Hall–Kier alpha value is -2.20. The minimum atomic E-state index is -0.299. The lowest BCUT2D eigenvalue weighted by Gasteiger charge is -2.16. The second-order valence-electron chi connectivity index (χ2n) is 5.90. The molecule has 1 aromatic heterocycles. The Kier molecular flexibility index (Phi) is 7.21. The van der Waals surface area contributed by atoms with Gasteiger partial charge in [-0.2, -0.15) is 0 Å². The average Bonchev–Trinajstić information content (AvgIpc) is 3.35. The number of thioether (sulfide) groups is 2. The van der Waals surface area contributed by atoms with Gasteiger partial charge in [-0.25, -0.2) is 0 Å². The molecule has 0 bridgehead atoms. The molecule has 0 radical (unpaired) electrons. The van der Waals surface area contributed by atoms with Crippen molar-refractivity contribution in [3.63, 3.8) is 0 Å². The smallest absolute Gasteiger partial charge is 0.236 e. The van der Waals surface area contributed by atoms with Crippen LogP contribution in [0.15, 0.2) is 34.4 Å². The zero-order valence-electron chi connectivity index (χ0n) is 16.0. The molecule has 150 valence electrons. The van der Waals surface area contributed by atoms with Crippen molar-refractivity contribution in [3.8, 4) is 11.5 Å². The average molecular weight is 422 g/mol. The molecule has 1 aliphatic rings. The number of aromatic nitrogens is 3. The molecule has 10 heteroatoms. The van der Waals surface area contributed by atoms with E-state index in [0.717, 1.165) is 18.0 Å². The molecule has 28 heavy (non-hydrogen) atoms. The molecule has 0 fully saturated rings. The zero-order valence-corrected chi connectivity index (χ0v) is 17.7. The van der Waals surface area contributed by atoms with E-state index in [2.05, 4.69) is 20.5 Å². The lowest BCUT2D eigenvalue weighted by atomic mass is 10.3. The van der Waals surface area contributed by atoms with Crippen LogP contribution < -0.4 is 14.8 Å². The van der Waals surface area contributed by atoms with E-state index in [-0.39, 0.29) is 17.8 Å². The number of amidine groups is 1. The molecule has 8 nitrogen and oxygen atoms in total. The van der Waals surface area contributed by atoms with Crippen LogP contribution in [-0.4, -0.2) is 51.0 Å². The first-order valence-corrected chi connectivity index (χ1v) is 10.9. The van der Waals surface area contributed by atoms with Crippen molar-refractivity contribution in [3.05, 3.63) is 30.1 Å². The fraction of sp³-hybridized carbons (Fsp3) is 0.444. The fourth-order valence-corrected chi connectivity index (χ4v) is 4.19. The lowest BCUT2D eigenvalue weighted by molar-refractivity contribution is -0.117. The predicted molar refractivity (Wildman–Crippen MR) is 111 cm³/mol. The van der Waals surface area contributed by atoms with E-state index in [1.165, 1.54) is 11.8 Å². The van der Waals surface area contributed by atoms with Gasteiger partial charge in [-0.05, 0) is 26.0 Å². The molecule has 0 aliphatic carbocycles. The Morgan fingerprint density at radius 1 is 1.39 bits per heavy atom. The second kappa shape index (κ2) is 9.83. The summed E-state index contributed by atoms with van der Waals surface area (Å²) < 4.78 is 13.2. The van der Waals surface area contributed by atoms with Crippen LogP contribution in [-0.2, 0) is 11.3 Å². The highest BCUT2D eigenvalue weighted by molar-refractivity contribution is 8.14. The van der Waals surface area contributed by atoms with Gasteiger partial charge in [-0.1, -0.05) is 29.6 Å². The van der Waals surface area contributed by atoms with Gasteiger partial charge in [0, 0.05) is 18.4 Å². The molecule has 3 rings (SSSR count). The number of carbonyl (C=O) groups excluding carboxylic acids is 1. The highest BCUT2D eigenvalue weighted by Gasteiger charge is 2.20. The van der Waals surface area contributed by atoms with Gasteiger partial charge in [0.15, 0.2) is 22.3 Å². The molecule has 2 aromatic rings. The first-order chi connectivity index (χ1) is 13.6. The second-order valence-corrected chi connectivity index (χ2v) is 7.92. The van der Waals surface area contributed by atoms with Gasteiger partial charge in [-0.15, -0.1) is 10.2 Å². The SMILES string of the molecule is CCn1c(SCC(=O)NC2=NCCS2)nnc1C(C)Oc1cccc(OC)c1. The van der Waals surface area contributed by atoms with Gasteiger partial charge < -0.3 is 19.4 Å². The summed E-state index contributed by atoms with van der Waals surface area (Å²) in [5.41, 5.74) is 0. The quantitative estimate of drug-likeness (QED) is 0.656. The lowest BCUT2D eigenvalue weighted by Crippen LogP contribution is -2.29. The van der Waals surface area contributed by atoms with E-state index >= 15 is 0 Å². The van der Waals surface area contributed by atoms with Gasteiger partial charge in [0.1, 0.15) is 11.5 Å². The Labute approximate surface area is 172 Å². The number of nitrogens with one attached hydrogen (secondary N) is 1. The van der Waals surface area contributed by atoms with Gasteiger partial charge in [0.2, 0.25) is 5.91 Å². The first kappa shape index (κ1) is 20.5. The molecular formula is C18H23N5O3S2. The summed E-state index contributed by atoms with van der Waals surface area (Å²) in [5, 5.41) is 12.7. The van der Waals surface area contributed by atoms with E-state index in [1.807, 2.05) is 42.7 Å². The van der Waals surface area contributed by atoms with Crippen molar-refractivity contribution in [2.24, 2.45) is 4.99 Å². The normalized spacial score (nSPS) is 14.5. The molecule has 1 aliphatic heterocycles.